The molecule has 1 heterocycles. The molecule has 1 aromatic heterocycles. The van der Waals surface area contributed by atoms with E-state index in [4.69, 9.17) is 0 Å². The van der Waals surface area contributed by atoms with Crippen molar-refractivity contribution in [1.82, 2.24) is 15.0 Å². The molecule has 0 spiro atoms. The predicted molar refractivity (Wildman–Crippen MR) is 72.8 cm³/mol. The molecule has 104 valence electrons. The number of aromatic nitrogens is 1. The van der Waals surface area contributed by atoms with Crippen LogP contribution in [0.25, 0.3) is 0 Å². The van der Waals surface area contributed by atoms with Crippen LogP contribution in [0, 0.1) is 5.92 Å². The van der Waals surface area contributed by atoms with Crippen LogP contribution >= 0.6 is 0 Å². The number of hydrogen-bond donors (Lipinski definition) is 3. The van der Waals surface area contributed by atoms with Crippen molar-refractivity contribution in [1.29, 1.82) is 0 Å². The maximum Gasteiger partial charge on any atom is 0.242 e. The molecule has 0 aliphatic heterocycles. The number of rotatable bonds is 7. The van der Waals surface area contributed by atoms with Crippen LogP contribution in [0.3, 0.4) is 0 Å². The molecule has 0 amide bonds. The Morgan fingerprint density at radius 2 is 2.06 bits per heavy atom. The number of aromatic amines is 1. The lowest BCUT2D eigenvalue weighted by Crippen LogP contribution is -2.36. The summed E-state index contributed by atoms with van der Waals surface area (Å²) >= 11 is 0. The topological polar surface area (TPSA) is 74.0 Å². The second-order valence-electron chi connectivity index (χ2n) is 4.69. The van der Waals surface area contributed by atoms with Crippen molar-refractivity contribution < 1.29 is 8.42 Å². The third-order valence-electron chi connectivity index (χ3n) is 3.23. The highest BCUT2D eigenvalue weighted by atomic mass is 32.2. The summed E-state index contributed by atoms with van der Waals surface area (Å²) in [5.74, 6) is 0.315. The number of hydrogen-bond acceptors (Lipinski definition) is 3. The summed E-state index contributed by atoms with van der Waals surface area (Å²) in [6.45, 7) is 6.61. The van der Waals surface area contributed by atoms with Crippen molar-refractivity contribution in [3.63, 3.8) is 0 Å². The molecule has 5 nitrogen and oxygen atoms in total. The molecule has 6 heteroatoms. The Balaban J connectivity index is 2.79. The van der Waals surface area contributed by atoms with Crippen molar-refractivity contribution in [3.05, 3.63) is 18.0 Å². The predicted octanol–water partition coefficient (Wildman–Crippen LogP) is 1.45. The van der Waals surface area contributed by atoms with Gasteiger partial charge in [-0.05, 0) is 26.0 Å². The van der Waals surface area contributed by atoms with Crippen LogP contribution in [0.4, 0.5) is 0 Å². The van der Waals surface area contributed by atoms with Gasteiger partial charge in [-0.15, -0.1) is 0 Å². The average Bonchev–Trinajstić information content (AvgIpc) is 2.77. The van der Waals surface area contributed by atoms with E-state index in [0.29, 0.717) is 17.4 Å². The molecule has 0 aliphatic rings. The van der Waals surface area contributed by atoms with Gasteiger partial charge in [-0.25, -0.2) is 13.1 Å². The maximum absolute atomic E-state index is 12.1. The largest absolute Gasteiger partial charge is 0.363 e. The first kappa shape index (κ1) is 15.2. The van der Waals surface area contributed by atoms with Crippen molar-refractivity contribution in [2.75, 3.05) is 7.05 Å². The zero-order chi connectivity index (χ0) is 13.8. The van der Waals surface area contributed by atoms with E-state index in [0.717, 1.165) is 12.1 Å². The minimum absolute atomic E-state index is 0.0670. The molecule has 0 saturated heterocycles. The fourth-order valence-corrected chi connectivity index (χ4v) is 3.02. The van der Waals surface area contributed by atoms with E-state index < -0.39 is 10.0 Å². The average molecular weight is 273 g/mol. The zero-order valence-corrected chi connectivity index (χ0v) is 12.3. The molecule has 18 heavy (non-hydrogen) atoms. The van der Waals surface area contributed by atoms with Gasteiger partial charge in [0.05, 0.1) is 4.90 Å². The van der Waals surface area contributed by atoms with Gasteiger partial charge in [0.1, 0.15) is 0 Å². The minimum Gasteiger partial charge on any atom is -0.363 e. The first-order chi connectivity index (χ1) is 8.40. The molecule has 0 radical (unpaired) electrons. The lowest BCUT2D eigenvalue weighted by Gasteiger charge is -2.19. The highest BCUT2D eigenvalue weighted by Gasteiger charge is 2.21. The number of sulfonamides is 1. The van der Waals surface area contributed by atoms with E-state index in [9.17, 15) is 8.42 Å². The maximum atomic E-state index is 12.1. The van der Waals surface area contributed by atoms with Gasteiger partial charge in [0.2, 0.25) is 10.0 Å². The first-order valence-corrected chi connectivity index (χ1v) is 7.73. The third-order valence-corrected chi connectivity index (χ3v) is 4.77. The van der Waals surface area contributed by atoms with Gasteiger partial charge in [-0.2, -0.15) is 0 Å². The molecule has 0 aromatic carbocycles. The monoisotopic (exact) mass is 273 g/mol. The van der Waals surface area contributed by atoms with Gasteiger partial charge in [0.15, 0.2) is 0 Å². The molecule has 1 aromatic rings. The summed E-state index contributed by atoms with van der Waals surface area (Å²) in [7, 11) is -1.60. The van der Waals surface area contributed by atoms with E-state index in [1.807, 2.05) is 20.9 Å². The summed E-state index contributed by atoms with van der Waals surface area (Å²) in [5.41, 5.74) is 0.856. The number of H-pyrrole nitrogens is 1. The van der Waals surface area contributed by atoms with Crippen molar-refractivity contribution in [2.45, 2.75) is 44.7 Å². The third kappa shape index (κ3) is 3.83. The fraction of sp³-hybridized carbons (Fsp3) is 0.667. The van der Waals surface area contributed by atoms with Gasteiger partial charge < -0.3 is 10.3 Å². The number of nitrogens with one attached hydrogen (secondary N) is 3. The van der Waals surface area contributed by atoms with Crippen molar-refractivity contribution in [3.8, 4) is 0 Å². The van der Waals surface area contributed by atoms with Crippen LogP contribution in [0.1, 0.15) is 32.9 Å². The summed E-state index contributed by atoms with van der Waals surface area (Å²) in [6.07, 6.45) is 2.47. The van der Waals surface area contributed by atoms with Crippen LogP contribution < -0.4 is 10.0 Å². The molecule has 1 rings (SSSR count). The quantitative estimate of drug-likeness (QED) is 0.704. The van der Waals surface area contributed by atoms with Gasteiger partial charge in [-0.3, -0.25) is 0 Å². The second-order valence-corrected chi connectivity index (χ2v) is 6.40. The fourth-order valence-electron chi connectivity index (χ4n) is 1.65. The summed E-state index contributed by atoms with van der Waals surface area (Å²) in [4.78, 5) is 3.24. The molecule has 0 saturated carbocycles. The van der Waals surface area contributed by atoms with E-state index in [1.54, 1.807) is 6.07 Å². The van der Waals surface area contributed by atoms with Crippen LogP contribution in [0.2, 0.25) is 0 Å². The summed E-state index contributed by atoms with van der Waals surface area (Å²) < 4.78 is 27.0. The van der Waals surface area contributed by atoms with Crippen LogP contribution in [0.5, 0.6) is 0 Å². The summed E-state index contributed by atoms with van der Waals surface area (Å²) in [6, 6.07) is 1.59. The second kappa shape index (κ2) is 6.36. The van der Waals surface area contributed by atoms with E-state index in [-0.39, 0.29) is 6.04 Å². The Hall–Kier alpha value is -0.850. The summed E-state index contributed by atoms with van der Waals surface area (Å²) in [5, 5.41) is 2.97. The van der Waals surface area contributed by atoms with Gasteiger partial charge in [-0.1, -0.05) is 20.3 Å². The Morgan fingerprint density at radius 3 is 2.61 bits per heavy atom. The van der Waals surface area contributed by atoms with Crippen molar-refractivity contribution >= 4 is 10.0 Å². The van der Waals surface area contributed by atoms with Gasteiger partial charge in [0.25, 0.3) is 0 Å². The highest BCUT2D eigenvalue weighted by molar-refractivity contribution is 7.89. The Bertz CT molecular complexity index is 467. The SMILES string of the molecule is CCC(C)C(C)NS(=O)(=O)c1c[nH]c(CNC)c1. The zero-order valence-electron chi connectivity index (χ0n) is 11.4. The standard InChI is InChI=1S/C12H23N3O2S/c1-5-9(2)10(3)15-18(16,17)12-6-11(7-13-4)14-8-12/h6,8-10,13-15H,5,7H2,1-4H3. The Kier molecular flexibility index (Phi) is 5.37. The molecule has 0 bridgehead atoms. The smallest absolute Gasteiger partial charge is 0.242 e. The minimum atomic E-state index is -3.42. The Labute approximate surface area is 109 Å². The first-order valence-electron chi connectivity index (χ1n) is 6.25. The lowest BCUT2D eigenvalue weighted by atomic mass is 10.0. The molecule has 0 fully saturated rings. The normalized spacial score (nSPS) is 15.6. The lowest BCUT2D eigenvalue weighted by molar-refractivity contribution is 0.434. The molecular formula is C12H23N3O2S. The van der Waals surface area contributed by atoms with E-state index in [1.165, 1.54) is 6.20 Å². The molecular weight excluding hydrogens is 250 g/mol. The molecule has 2 atom stereocenters. The molecule has 2 unspecified atom stereocenters. The molecule has 3 N–H and O–H groups in total. The molecule has 0 aliphatic carbocycles. The van der Waals surface area contributed by atoms with E-state index in [2.05, 4.69) is 21.9 Å². The van der Waals surface area contributed by atoms with E-state index >= 15 is 0 Å². The Morgan fingerprint density at radius 1 is 1.39 bits per heavy atom. The van der Waals surface area contributed by atoms with Gasteiger partial charge in [0, 0.05) is 24.5 Å². The van der Waals surface area contributed by atoms with Crippen LogP contribution in [-0.2, 0) is 16.6 Å². The van der Waals surface area contributed by atoms with Crippen LogP contribution in [0.15, 0.2) is 17.2 Å². The van der Waals surface area contributed by atoms with Crippen LogP contribution in [-0.4, -0.2) is 26.5 Å². The highest BCUT2D eigenvalue weighted by Crippen LogP contribution is 2.14. The van der Waals surface area contributed by atoms with Crippen molar-refractivity contribution in [2.24, 2.45) is 5.92 Å². The van der Waals surface area contributed by atoms with Gasteiger partial charge >= 0.3 is 0 Å².